The predicted molar refractivity (Wildman–Crippen MR) is 91.6 cm³/mol. The monoisotopic (exact) mass is 316 g/mol. The zero-order valence-corrected chi connectivity index (χ0v) is 13.9. The van der Waals surface area contributed by atoms with Gasteiger partial charge in [0.1, 0.15) is 0 Å². The second kappa shape index (κ2) is 6.51. The van der Waals surface area contributed by atoms with Crippen molar-refractivity contribution in [2.75, 3.05) is 0 Å². The topological polar surface area (TPSA) is 55.1 Å². The zero-order chi connectivity index (χ0) is 16.3. The van der Waals surface area contributed by atoms with Gasteiger partial charge in [-0.3, -0.25) is 4.79 Å². The van der Waals surface area contributed by atoms with Crippen LogP contribution in [0.4, 0.5) is 0 Å². The summed E-state index contributed by atoms with van der Waals surface area (Å²) >= 11 is 6.13. The van der Waals surface area contributed by atoms with Crippen LogP contribution in [0.25, 0.3) is 11.1 Å². The molecule has 4 heteroatoms. The Bertz CT molecular complexity index is 672. The molecule has 0 fully saturated rings. The molecule has 0 aliphatic carbocycles. The minimum Gasteiger partial charge on any atom is -0.352 e. The van der Waals surface area contributed by atoms with E-state index in [-0.39, 0.29) is 11.4 Å². The summed E-state index contributed by atoms with van der Waals surface area (Å²) in [6.45, 7) is 5.94. The third-order valence-electron chi connectivity index (χ3n) is 3.54. The minimum atomic E-state index is -0.369. The molecule has 0 aliphatic heterocycles. The number of nitrogens with two attached hydrogens (primary N) is 1. The van der Waals surface area contributed by atoms with E-state index in [1.54, 1.807) is 0 Å². The van der Waals surface area contributed by atoms with Crippen LogP contribution in [0.2, 0.25) is 5.02 Å². The first-order valence-electron chi connectivity index (χ1n) is 7.20. The van der Waals surface area contributed by atoms with E-state index >= 15 is 0 Å². The van der Waals surface area contributed by atoms with Gasteiger partial charge in [0.05, 0.1) is 0 Å². The zero-order valence-electron chi connectivity index (χ0n) is 13.1. The van der Waals surface area contributed by atoms with Crippen LogP contribution < -0.4 is 11.1 Å². The average molecular weight is 317 g/mol. The number of rotatable bonds is 4. The Labute approximate surface area is 136 Å². The van der Waals surface area contributed by atoms with Crippen LogP contribution >= 0.6 is 11.6 Å². The molecule has 0 unspecified atom stereocenters. The molecule has 116 valence electrons. The lowest BCUT2D eigenvalue weighted by molar-refractivity contribution is -0.119. The Morgan fingerprint density at radius 1 is 1.18 bits per heavy atom. The molecular formula is C18H21ClN2O. The van der Waals surface area contributed by atoms with Gasteiger partial charge in [-0.2, -0.15) is 0 Å². The van der Waals surface area contributed by atoms with Gasteiger partial charge in [-0.25, -0.2) is 0 Å². The summed E-state index contributed by atoms with van der Waals surface area (Å²) in [6, 6.07) is 13.8. The summed E-state index contributed by atoms with van der Waals surface area (Å²) in [5, 5.41) is 3.50. The number of amides is 1. The number of halogens is 1. The number of hydrogen-bond acceptors (Lipinski definition) is 2. The summed E-state index contributed by atoms with van der Waals surface area (Å²) in [5.74, 6) is -0.0545. The van der Waals surface area contributed by atoms with Crippen LogP contribution in [0.1, 0.15) is 31.9 Å². The maximum Gasteiger partial charge on any atom is 0.217 e. The molecule has 0 bridgehead atoms. The van der Waals surface area contributed by atoms with E-state index in [1.165, 1.54) is 6.92 Å². The fourth-order valence-corrected chi connectivity index (χ4v) is 2.44. The third kappa shape index (κ3) is 4.09. The van der Waals surface area contributed by atoms with E-state index in [4.69, 9.17) is 17.3 Å². The molecule has 0 saturated carbocycles. The molecule has 3 N–H and O–H groups in total. The molecular weight excluding hydrogens is 296 g/mol. The maximum absolute atomic E-state index is 11.1. The quantitative estimate of drug-likeness (QED) is 0.900. The van der Waals surface area contributed by atoms with E-state index in [0.717, 1.165) is 22.3 Å². The molecule has 0 saturated heterocycles. The van der Waals surface area contributed by atoms with Crippen molar-refractivity contribution >= 4 is 17.5 Å². The van der Waals surface area contributed by atoms with E-state index in [0.29, 0.717) is 11.6 Å². The lowest BCUT2D eigenvalue weighted by Crippen LogP contribution is -2.28. The number of nitrogens with one attached hydrogen (secondary N) is 1. The predicted octanol–water partition coefficient (Wildman–Crippen LogP) is 3.84. The highest BCUT2D eigenvalue weighted by molar-refractivity contribution is 6.30. The molecule has 2 rings (SSSR count). The van der Waals surface area contributed by atoms with Crippen molar-refractivity contribution in [3.63, 3.8) is 0 Å². The van der Waals surface area contributed by atoms with Gasteiger partial charge in [0, 0.05) is 24.0 Å². The van der Waals surface area contributed by atoms with Gasteiger partial charge in [-0.15, -0.1) is 0 Å². The fourth-order valence-electron chi connectivity index (χ4n) is 2.27. The normalized spacial score (nSPS) is 11.3. The largest absolute Gasteiger partial charge is 0.352 e. The standard InChI is InChI=1S/C18H21ClN2O/c1-12(22)21-11-14-6-9-16(19)10-17(14)13-4-7-15(8-5-13)18(2,3)20/h4-10H,11,20H2,1-3H3,(H,21,22). The van der Waals surface area contributed by atoms with Crippen LogP contribution in [0.5, 0.6) is 0 Å². The van der Waals surface area contributed by atoms with Crippen LogP contribution in [-0.4, -0.2) is 5.91 Å². The van der Waals surface area contributed by atoms with Crippen molar-refractivity contribution in [3.8, 4) is 11.1 Å². The van der Waals surface area contributed by atoms with Crippen LogP contribution in [0.3, 0.4) is 0 Å². The Morgan fingerprint density at radius 2 is 1.82 bits per heavy atom. The summed E-state index contributed by atoms with van der Waals surface area (Å²) in [4.78, 5) is 11.1. The molecule has 0 atom stereocenters. The molecule has 0 radical (unpaired) electrons. The van der Waals surface area contributed by atoms with Crippen molar-refractivity contribution in [2.24, 2.45) is 5.73 Å². The highest BCUT2D eigenvalue weighted by Crippen LogP contribution is 2.29. The van der Waals surface area contributed by atoms with Gasteiger partial charge in [0.15, 0.2) is 0 Å². The average Bonchev–Trinajstić information content (AvgIpc) is 2.45. The molecule has 0 aromatic heterocycles. The lowest BCUT2D eigenvalue weighted by Gasteiger charge is -2.19. The van der Waals surface area contributed by atoms with E-state index in [1.807, 2.05) is 56.3 Å². The van der Waals surface area contributed by atoms with Crippen molar-refractivity contribution in [2.45, 2.75) is 32.9 Å². The molecule has 1 amide bonds. The van der Waals surface area contributed by atoms with E-state index in [2.05, 4.69) is 5.32 Å². The van der Waals surface area contributed by atoms with E-state index in [9.17, 15) is 4.79 Å². The summed E-state index contributed by atoms with van der Waals surface area (Å²) < 4.78 is 0. The number of hydrogen-bond donors (Lipinski definition) is 2. The van der Waals surface area contributed by atoms with Crippen LogP contribution in [0, 0.1) is 0 Å². The number of benzene rings is 2. The van der Waals surface area contributed by atoms with Crippen molar-refractivity contribution in [1.29, 1.82) is 0 Å². The Balaban J connectivity index is 2.38. The highest BCUT2D eigenvalue weighted by Gasteiger charge is 2.14. The summed E-state index contributed by atoms with van der Waals surface area (Å²) in [7, 11) is 0. The first-order chi connectivity index (χ1) is 10.3. The Kier molecular flexibility index (Phi) is 4.89. The molecule has 2 aromatic carbocycles. The van der Waals surface area contributed by atoms with Crippen molar-refractivity contribution in [1.82, 2.24) is 5.32 Å². The second-order valence-electron chi connectivity index (χ2n) is 6.01. The Hall–Kier alpha value is -1.84. The maximum atomic E-state index is 11.1. The molecule has 0 aliphatic rings. The minimum absolute atomic E-state index is 0.0545. The Morgan fingerprint density at radius 3 is 2.36 bits per heavy atom. The van der Waals surface area contributed by atoms with Gasteiger partial charge >= 0.3 is 0 Å². The summed E-state index contributed by atoms with van der Waals surface area (Å²) in [5.41, 5.74) is 9.91. The van der Waals surface area contributed by atoms with Crippen LogP contribution in [0.15, 0.2) is 42.5 Å². The molecule has 22 heavy (non-hydrogen) atoms. The van der Waals surface area contributed by atoms with Crippen molar-refractivity contribution in [3.05, 3.63) is 58.6 Å². The van der Waals surface area contributed by atoms with Gasteiger partial charge in [-0.1, -0.05) is 41.9 Å². The molecule has 0 spiro atoms. The number of carbonyl (C=O) groups excluding carboxylic acids is 1. The first kappa shape index (κ1) is 16.5. The van der Waals surface area contributed by atoms with E-state index < -0.39 is 0 Å². The third-order valence-corrected chi connectivity index (χ3v) is 3.77. The number of carbonyl (C=O) groups is 1. The smallest absolute Gasteiger partial charge is 0.217 e. The lowest BCUT2D eigenvalue weighted by atomic mass is 9.92. The molecule has 3 nitrogen and oxygen atoms in total. The summed E-state index contributed by atoms with van der Waals surface area (Å²) in [6.07, 6.45) is 0. The van der Waals surface area contributed by atoms with Crippen LogP contribution in [-0.2, 0) is 16.9 Å². The van der Waals surface area contributed by atoms with Gasteiger partial charge in [-0.05, 0) is 48.2 Å². The highest BCUT2D eigenvalue weighted by atomic mass is 35.5. The van der Waals surface area contributed by atoms with Gasteiger partial charge < -0.3 is 11.1 Å². The van der Waals surface area contributed by atoms with Crippen molar-refractivity contribution < 1.29 is 4.79 Å². The second-order valence-corrected chi connectivity index (χ2v) is 6.45. The van der Waals surface area contributed by atoms with Gasteiger partial charge in [0.2, 0.25) is 5.91 Å². The van der Waals surface area contributed by atoms with Gasteiger partial charge in [0.25, 0.3) is 0 Å². The first-order valence-corrected chi connectivity index (χ1v) is 7.58. The SMILES string of the molecule is CC(=O)NCc1ccc(Cl)cc1-c1ccc(C(C)(C)N)cc1. The molecule has 2 aromatic rings. The fraction of sp³-hybridized carbons (Fsp3) is 0.278. The molecule has 0 heterocycles.